The Hall–Kier alpha value is -2.88. The Kier molecular flexibility index (Phi) is 4.51. The number of benzene rings is 2. The highest BCUT2D eigenvalue weighted by Crippen LogP contribution is 2.19. The fourth-order valence-electron chi connectivity index (χ4n) is 2.01. The summed E-state index contributed by atoms with van der Waals surface area (Å²) in [5.74, 6) is -0.873. The quantitative estimate of drug-likeness (QED) is 0.845. The molecule has 0 fully saturated rings. The van der Waals surface area contributed by atoms with Crippen molar-refractivity contribution in [3.8, 4) is 0 Å². The second kappa shape index (κ2) is 6.52. The zero-order valence-corrected chi connectivity index (χ0v) is 11.7. The number of hydrogen-bond donors (Lipinski definition) is 2. The van der Waals surface area contributed by atoms with Gasteiger partial charge in [-0.2, -0.15) is 0 Å². The van der Waals surface area contributed by atoms with Crippen LogP contribution in [0.3, 0.4) is 0 Å². The lowest BCUT2D eigenvalue weighted by atomic mass is 10.1. The molecule has 0 heterocycles. The van der Waals surface area contributed by atoms with Crippen LogP contribution in [-0.4, -0.2) is 11.8 Å². The lowest BCUT2D eigenvalue weighted by Gasteiger charge is -2.09. The van der Waals surface area contributed by atoms with Gasteiger partial charge in [0.15, 0.2) is 0 Å². The topological polar surface area (TPSA) is 72.2 Å². The Balaban J connectivity index is 2.15. The molecule has 4 heteroatoms. The summed E-state index contributed by atoms with van der Waals surface area (Å²) in [5, 5.41) is 2.68. The van der Waals surface area contributed by atoms with E-state index in [4.69, 9.17) is 5.73 Å². The number of primary amides is 1. The highest BCUT2D eigenvalue weighted by molar-refractivity contribution is 6.07. The van der Waals surface area contributed by atoms with Crippen molar-refractivity contribution >= 4 is 23.6 Å². The molecule has 2 rings (SSSR count). The zero-order valence-electron chi connectivity index (χ0n) is 11.7. The summed E-state index contributed by atoms with van der Waals surface area (Å²) in [7, 11) is 0. The van der Waals surface area contributed by atoms with Crippen molar-refractivity contribution in [2.24, 2.45) is 5.73 Å². The molecule has 2 aromatic carbocycles. The molecule has 4 nitrogen and oxygen atoms in total. The first-order chi connectivity index (χ1) is 10.1. The molecule has 21 heavy (non-hydrogen) atoms. The number of hydrogen-bond acceptors (Lipinski definition) is 2. The minimum atomic E-state index is -0.560. The van der Waals surface area contributed by atoms with Crippen molar-refractivity contribution in [1.82, 2.24) is 0 Å². The summed E-state index contributed by atoms with van der Waals surface area (Å²) in [4.78, 5) is 23.4. The number of nitrogens with one attached hydrogen (secondary N) is 1. The highest BCUT2D eigenvalue weighted by Gasteiger charge is 2.12. The molecule has 2 aromatic rings. The van der Waals surface area contributed by atoms with Gasteiger partial charge in [-0.1, -0.05) is 42.5 Å². The van der Waals surface area contributed by atoms with Crippen LogP contribution in [0.1, 0.15) is 21.5 Å². The Bertz CT molecular complexity index is 691. The van der Waals surface area contributed by atoms with E-state index in [1.54, 1.807) is 31.2 Å². The summed E-state index contributed by atoms with van der Waals surface area (Å²) < 4.78 is 0. The number of amides is 2. The molecule has 3 N–H and O–H groups in total. The van der Waals surface area contributed by atoms with Crippen LogP contribution in [0.2, 0.25) is 0 Å². The lowest BCUT2D eigenvalue weighted by Crippen LogP contribution is -2.18. The van der Waals surface area contributed by atoms with Gasteiger partial charge in [0.2, 0.25) is 5.91 Å². The summed E-state index contributed by atoms with van der Waals surface area (Å²) in [6.07, 6.45) is 3.12. The summed E-state index contributed by atoms with van der Waals surface area (Å²) in [6, 6.07) is 14.7. The summed E-state index contributed by atoms with van der Waals surface area (Å²) in [6.45, 7) is 1.77. The molecule has 0 aliphatic rings. The molecule has 0 saturated carbocycles. The summed E-state index contributed by atoms with van der Waals surface area (Å²) in [5.41, 5.74) is 7.75. The molecule has 2 amide bonds. The second-order valence-electron chi connectivity index (χ2n) is 4.59. The SMILES string of the molecule is Cc1cccc(NC(=O)C=Cc2ccccc2)c1C(N)=O. The molecule has 0 atom stereocenters. The summed E-state index contributed by atoms with van der Waals surface area (Å²) >= 11 is 0. The molecule has 0 unspecified atom stereocenters. The minimum absolute atomic E-state index is 0.313. The van der Waals surface area contributed by atoms with Crippen LogP contribution in [0.25, 0.3) is 6.08 Å². The number of carbonyl (C=O) groups excluding carboxylic acids is 2. The van der Waals surface area contributed by atoms with E-state index in [9.17, 15) is 9.59 Å². The molecule has 0 spiro atoms. The van der Waals surface area contributed by atoms with Gasteiger partial charge >= 0.3 is 0 Å². The Morgan fingerprint density at radius 2 is 1.76 bits per heavy atom. The maximum Gasteiger partial charge on any atom is 0.251 e. The maximum absolute atomic E-state index is 11.9. The van der Waals surface area contributed by atoms with Crippen molar-refractivity contribution in [3.05, 3.63) is 71.3 Å². The monoisotopic (exact) mass is 280 g/mol. The number of nitrogens with two attached hydrogens (primary N) is 1. The van der Waals surface area contributed by atoms with Gasteiger partial charge in [-0.3, -0.25) is 9.59 Å². The van der Waals surface area contributed by atoms with Gasteiger partial charge in [0.25, 0.3) is 5.91 Å². The van der Waals surface area contributed by atoms with Crippen LogP contribution in [-0.2, 0) is 4.79 Å². The average molecular weight is 280 g/mol. The Labute approximate surface area is 123 Å². The molecule has 0 radical (unpaired) electrons. The van der Waals surface area contributed by atoms with E-state index < -0.39 is 5.91 Å². The number of rotatable bonds is 4. The molecular weight excluding hydrogens is 264 g/mol. The van der Waals surface area contributed by atoms with Gasteiger partial charge in [0, 0.05) is 6.08 Å². The van der Waals surface area contributed by atoms with Gasteiger partial charge in [-0.25, -0.2) is 0 Å². The molecule has 106 valence electrons. The fourth-order valence-corrected chi connectivity index (χ4v) is 2.01. The molecule has 0 aliphatic carbocycles. The maximum atomic E-state index is 11.9. The fraction of sp³-hybridized carbons (Fsp3) is 0.0588. The first-order valence-corrected chi connectivity index (χ1v) is 6.51. The average Bonchev–Trinajstić information content (AvgIpc) is 2.46. The van der Waals surface area contributed by atoms with Gasteiger partial charge < -0.3 is 11.1 Å². The second-order valence-corrected chi connectivity index (χ2v) is 4.59. The number of anilines is 1. The van der Waals surface area contributed by atoms with Gasteiger partial charge in [0.05, 0.1) is 11.3 Å². The number of carbonyl (C=O) groups is 2. The standard InChI is InChI=1S/C17H16N2O2/c1-12-6-5-9-14(16(12)17(18)21)19-15(20)11-10-13-7-3-2-4-8-13/h2-11H,1H3,(H2,18,21)(H,19,20). The van der Waals surface area contributed by atoms with Crippen molar-refractivity contribution in [2.45, 2.75) is 6.92 Å². The van der Waals surface area contributed by atoms with Gasteiger partial charge in [0.1, 0.15) is 0 Å². The van der Waals surface area contributed by atoms with Crippen LogP contribution in [0, 0.1) is 6.92 Å². The van der Waals surface area contributed by atoms with Crippen LogP contribution in [0.15, 0.2) is 54.6 Å². The van der Waals surface area contributed by atoms with Crippen molar-refractivity contribution in [1.29, 1.82) is 0 Å². The van der Waals surface area contributed by atoms with Gasteiger partial charge in [-0.15, -0.1) is 0 Å². The van der Waals surface area contributed by atoms with Gasteiger partial charge in [-0.05, 0) is 30.2 Å². The lowest BCUT2D eigenvalue weighted by molar-refractivity contribution is -0.111. The van der Waals surface area contributed by atoms with Crippen LogP contribution >= 0.6 is 0 Å². The molecule has 0 aromatic heterocycles. The van der Waals surface area contributed by atoms with Crippen LogP contribution in [0.5, 0.6) is 0 Å². The van der Waals surface area contributed by atoms with Crippen molar-refractivity contribution < 1.29 is 9.59 Å². The Morgan fingerprint density at radius 3 is 2.43 bits per heavy atom. The first-order valence-electron chi connectivity index (χ1n) is 6.51. The number of aryl methyl sites for hydroxylation is 1. The third-order valence-electron chi connectivity index (χ3n) is 3.00. The predicted octanol–water partition coefficient (Wildman–Crippen LogP) is 2.75. The minimum Gasteiger partial charge on any atom is -0.366 e. The van der Waals surface area contributed by atoms with Crippen molar-refractivity contribution in [3.63, 3.8) is 0 Å². The largest absolute Gasteiger partial charge is 0.366 e. The van der Waals surface area contributed by atoms with E-state index in [0.717, 1.165) is 11.1 Å². The van der Waals surface area contributed by atoms with Crippen molar-refractivity contribution in [2.75, 3.05) is 5.32 Å². The first kappa shape index (κ1) is 14.5. The third-order valence-corrected chi connectivity index (χ3v) is 3.00. The molecular formula is C17H16N2O2. The normalized spacial score (nSPS) is 10.5. The van der Waals surface area contributed by atoms with E-state index in [0.29, 0.717) is 11.3 Å². The smallest absolute Gasteiger partial charge is 0.251 e. The van der Waals surface area contributed by atoms with E-state index in [1.165, 1.54) is 6.08 Å². The van der Waals surface area contributed by atoms with Crippen LogP contribution < -0.4 is 11.1 Å². The third kappa shape index (κ3) is 3.79. The molecule has 0 bridgehead atoms. The molecule has 0 saturated heterocycles. The highest BCUT2D eigenvalue weighted by atomic mass is 16.2. The molecule has 0 aliphatic heterocycles. The van der Waals surface area contributed by atoms with E-state index in [1.807, 2.05) is 30.3 Å². The zero-order chi connectivity index (χ0) is 15.2. The van der Waals surface area contributed by atoms with Crippen LogP contribution in [0.4, 0.5) is 5.69 Å². The Morgan fingerprint density at radius 1 is 1.05 bits per heavy atom. The van der Waals surface area contributed by atoms with E-state index >= 15 is 0 Å². The van der Waals surface area contributed by atoms with E-state index in [-0.39, 0.29) is 5.91 Å². The predicted molar refractivity (Wildman–Crippen MR) is 83.8 cm³/mol. The van der Waals surface area contributed by atoms with E-state index in [2.05, 4.69) is 5.32 Å².